The summed E-state index contributed by atoms with van der Waals surface area (Å²) >= 11 is 0. The highest BCUT2D eigenvalue weighted by molar-refractivity contribution is 5.36. The molecule has 2 atom stereocenters. The minimum atomic E-state index is -0.225. The lowest BCUT2D eigenvalue weighted by Gasteiger charge is -2.02. The van der Waals surface area contributed by atoms with Crippen LogP contribution in [0.5, 0.6) is 0 Å². The summed E-state index contributed by atoms with van der Waals surface area (Å²) in [6, 6.07) is 13.4. The van der Waals surface area contributed by atoms with Crippen LogP contribution in [0.4, 0.5) is 8.78 Å². The Hall–Kier alpha value is -1.70. The zero-order chi connectivity index (χ0) is 11.8. The lowest BCUT2D eigenvalue weighted by Crippen LogP contribution is -1.88. The van der Waals surface area contributed by atoms with Crippen LogP contribution >= 0.6 is 0 Å². The van der Waals surface area contributed by atoms with Gasteiger partial charge in [0.25, 0.3) is 0 Å². The van der Waals surface area contributed by atoms with Gasteiger partial charge in [-0.05, 0) is 47.6 Å². The maximum absolute atomic E-state index is 13.6. The number of rotatable bonds is 2. The van der Waals surface area contributed by atoms with Crippen LogP contribution in [0.3, 0.4) is 0 Å². The molecule has 0 heterocycles. The highest BCUT2D eigenvalue weighted by Crippen LogP contribution is 2.55. The van der Waals surface area contributed by atoms with E-state index in [-0.39, 0.29) is 17.6 Å². The van der Waals surface area contributed by atoms with Crippen molar-refractivity contribution in [2.75, 3.05) is 0 Å². The molecular formula is C15H12F2. The first-order valence-electron chi connectivity index (χ1n) is 5.75. The van der Waals surface area contributed by atoms with E-state index < -0.39 is 0 Å². The van der Waals surface area contributed by atoms with Gasteiger partial charge in [-0.1, -0.05) is 30.3 Å². The molecule has 3 rings (SSSR count). The Balaban J connectivity index is 1.83. The summed E-state index contributed by atoms with van der Waals surface area (Å²) in [6.45, 7) is 0. The zero-order valence-corrected chi connectivity index (χ0v) is 9.24. The monoisotopic (exact) mass is 230 g/mol. The van der Waals surface area contributed by atoms with Gasteiger partial charge in [0.15, 0.2) is 0 Å². The first-order valence-corrected chi connectivity index (χ1v) is 5.75. The van der Waals surface area contributed by atoms with E-state index in [0.717, 1.165) is 17.5 Å². The van der Waals surface area contributed by atoms with Gasteiger partial charge in [0.2, 0.25) is 0 Å². The van der Waals surface area contributed by atoms with Gasteiger partial charge in [-0.2, -0.15) is 0 Å². The van der Waals surface area contributed by atoms with E-state index in [9.17, 15) is 8.78 Å². The van der Waals surface area contributed by atoms with Crippen molar-refractivity contribution in [1.82, 2.24) is 0 Å². The van der Waals surface area contributed by atoms with E-state index >= 15 is 0 Å². The molecule has 0 spiro atoms. The molecule has 0 N–H and O–H groups in total. The van der Waals surface area contributed by atoms with E-state index in [1.165, 1.54) is 18.2 Å². The summed E-state index contributed by atoms with van der Waals surface area (Å²) in [4.78, 5) is 0. The summed E-state index contributed by atoms with van der Waals surface area (Å²) in [5.74, 6) is 0.230. The predicted molar refractivity (Wildman–Crippen MR) is 62.9 cm³/mol. The number of halogens is 2. The van der Waals surface area contributed by atoms with Gasteiger partial charge in [-0.25, -0.2) is 8.78 Å². The lowest BCUT2D eigenvalue weighted by molar-refractivity contribution is 0.609. The van der Waals surface area contributed by atoms with E-state index in [1.807, 2.05) is 12.1 Å². The van der Waals surface area contributed by atoms with E-state index in [0.29, 0.717) is 5.92 Å². The average molecular weight is 230 g/mol. The minimum absolute atomic E-state index is 0.137. The van der Waals surface area contributed by atoms with Crippen LogP contribution in [0.25, 0.3) is 0 Å². The second-order valence-electron chi connectivity index (χ2n) is 4.52. The van der Waals surface area contributed by atoms with Crippen LogP contribution in [0.15, 0.2) is 48.5 Å². The van der Waals surface area contributed by atoms with Gasteiger partial charge in [-0.3, -0.25) is 0 Å². The quantitative estimate of drug-likeness (QED) is 0.724. The fourth-order valence-electron chi connectivity index (χ4n) is 2.39. The largest absolute Gasteiger partial charge is 0.207 e. The van der Waals surface area contributed by atoms with Crippen LogP contribution in [0.1, 0.15) is 29.4 Å². The SMILES string of the molecule is Fc1ccc(C2CC2c2ccccc2F)cc1. The fraction of sp³-hybridized carbons (Fsp3) is 0.200. The summed E-state index contributed by atoms with van der Waals surface area (Å²) in [5, 5.41) is 0. The van der Waals surface area contributed by atoms with Gasteiger partial charge in [0.05, 0.1) is 0 Å². The molecule has 86 valence electrons. The predicted octanol–water partition coefficient (Wildman–Crippen LogP) is 4.24. The molecule has 2 heteroatoms. The molecule has 2 aromatic rings. The van der Waals surface area contributed by atoms with Crippen molar-refractivity contribution in [2.24, 2.45) is 0 Å². The Bertz CT molecular complexity index is 531. The van der Waals surface area contributed by atoms with Gasteiger partial charge < -0.3 is 0 Å². The van der Waals surface area contributed by atoms with Gasteiger partial charge in [0.1, 0.15) is 11.6 Å². The summed E-state index contributed by atoms with van der Waals surface area (Å²) in [6.07, 6.45) is 0.951. The van der Waals surface area contributed by atoms with Crippen LogP contribution in [-0.2, 0) is 0 Å². The summed E-state index contributed by atoms with van der Waals surface area (Å²) in [7, 11) is 0. The van der Waals surface area contributed by atoms with Crippen LogP contribution in [0, 0.1) is 11.6 Å². The molecule has 2 aromatic carbocycles. The molecule has 1 aliphatic rings. The third kappa shape index (κ3) is 1.95. The number of hydrogen-bond donors (Lipinski definition) is 0. The normalized spacial score (nSPS) is 22.5. The van der Waals surface area contributed by atoms with Crippen LogP contribution < -0.4 is 0 Å². The van der Waals surface area contributed by atoms with Gasteiger partial charge in [0, 0.05) is 0 Å². The van der Waals surface area contributed by atoms with Crippen molar-refractivity contribution in [2.45, 2.75) is 18.3 Å². The Morgan fingerprint density at radius 2 is 1.53 bits per heavy atom. The smallest absolute Gasteiger partial charge is 0.126 e. The summed E-state index contributed by atoms with van der Waals surface area (Å²) in [5.41, 5.74) is 1.88. The van der Waals surface area contributed by atoms with E-state index in [1.54, 1.807) is 18.2 Å². The Morgan fingerprint density at radius 3 is 2.24 bits per heavy atom. The third-order valence-corrected chi connectivity index (χ3v) is 3.39. The second kappa shape index (κ2) is 3.95. The molecule has 17 heavy (non-hydrogen) atoms. The Labute approximate surface area is 98.9 Å². The Morgan fingerprint density at radius 1 is 0.824 bits per heavy atom. The molecule has 0 aromatic heterocycles. The molecule has 0 saturated heterocycles. The van der Waals surface area contributed by atoms with Crippen molar-refractivity contribution in [3.8, 4) is 0 Å². The first-order chi connectivity index (χ1) is 8.25. The Kier molecular flexibility index (Phi) is 2.43. The van der Waals surface area contributed by atoms with E-state index in [4.69, 9.17) is 0 Å². The molecule has 1 aliphatic carbocycles. The summed E-state index contributed by atoms with van der Waals surface area (Å²) < 4.78 is 26.4. The standard InChI is InChI=1S/C15H12F2/c16-11-7-5-10(6-8-11)13-9-14(13)12-3-1-2-4-15(12)17/h1-8,13-14H,9H2. The molecule has 0 radical (unpaired) electrons. The van der Waals surface area contributed by atoms with Crippen molar-refractivity contribution in [1.29, 1.82) is 0 Å². The molecule has 2 unspecified atom stereocenters. The highest BCUT2D eigenvalue weighted by Gasteiger charge is 2.40. The van der Waals surface area contributed by atoms with Gasteiger partial charge >= 0.3 is 0 Å². The molecule has 1 saturated carbocycles. The third-order valence-electron chi connectivity index (χ3n) is 3.39. The minimum Gasteiger partial charge on any atom is -0.207 e. The zero-order valence-electron chi connectivity index (χ0n) is 9.24. The van der Waals surface area contributed by atoms with Crippen molar-refractivity contribution in [3.63, 3.8) is 0 Å². The van der Waals surface area contributed by atoms with Crippen molar-refractivity contribution < 1.29 is 8.78 Å². The lowest BCUT2D eigenvalue weighted by atomic mass is 10.0. The highest BCUT2D eigenvalue weighted by atomic mass is 19.1. The van der Waals surface area contributed by atoms with Gasteiger partial charge in [-0.15, -0.1) is 0 Å². The molecular weight excluding hydrogens is 218 g/mol. The van der Waals surface area contributed by atoms with Crippen molar-refractivity contribution >= 4 is 0 Å². The number of benzene rings is 2. The van der Waals surface area contributed by atoms with Crippen LogP contribution in [-0.4, -0.2) is 0 Å². The molecule has 0 bridgehead atoms. The topological polar surface area (TPSA) is 0 Å². The van der Waals surface area contributed by atoms with Crippen LogP contribution in [0.2, 0.25) is 0 Å². The second-order valence-corrected chi connectivity index (χ2v) is 4.52. The number of hydrogen-bond acceptors (Lipinski definition) is 0. The van der Waals surface area contributed by atoms with Crippen molar-refractivity contribution in [3.05, 3.63) is 71.3 Å². The molecule has 0 aliphatic heterocycles. The fourth-order valence-corrected chi connectivity index (χ4v) is 2.39. The molecule has 0 nitrogen and oxygen atoms in total. The molecule has 1 fully saturated rings. The average Bonchev–Trinajstić information content (AvgIpc) is 3.11. The maximum atomic E-state index is 13.6. The first kappa shape index (κ1) is 10.5. The van der Waals surface area contributed by atoms with E-state index in [2.05, 4.69) is 0 Å². The molecule has 0 amide bonds. The maximum Gasteiger partial charge on any atom is 0.126 e.